The molecule has 0 aromatic carbocycles. The summed E-state index contributed by atoms with van der Waals surface area (Å²) >= 11 is 0. The molecule has 42 heavy (non-hydrogen) atoms. The van der Waals surface area contributed by atoms with E-state index in [1.54, 1.807) is 45.1 Å². The number of fused-ring (bicyclic) bond motifs is 2. The average Bonchev–Trinajstić information content (AvgIpc) is 2.94. The Balaban J connectivity index is 2.62. The van der Waals surface area contributed by atoms with Crippen LogP contribution in [0.1, 0.15) is 40.5 Å². The molecule has 0 aromatic heterocycles. The van der Waals surface area contributed by atoms with Gasteiger partial charge in [-0.05, 0) is 38.2 Å². The number of nitrogens with two attached hydrogens (primary N) is 1. The molecule has 0 unspecified atom stereocenters. The lowest BCUT2D eigenvalue weighted by Crippen LogP contribution is -2.37. The molecular formula is C31H43N3O8. The topological polar surface area (TPSA) is 166 Å². The number of ether oxygens (including phenoxy) is 3. The van der Waals surface area contributed by atoms with Gasteiger partial charge in [0.2, 0.25) is 11.6 Å². The zero-order chi connectivity index (χ0) is 31.6. The van der Waals surface area contributed by atoms with Crippen LogP contribution in [-0.2, 0) is 28.6 Å². The average molecular weight is 586 g/mol. The van der Waals surface area contributed by atoms with Gasteiger partial charge in [0.05, 0.1) is 23.6 Å². The Bertz CT molecular complexity index is 1210. The van der Waals surface area contributed by atoms with Gasteiger partial charge >= 0.3 is 6.09 Å². The van der Waals surface area contributed by atoms with Gasteiger partial charge in [-0.15, -0.1) is 6.58 Å². The molecule has 0 aromatic rings. The smallest absolute Gasteiger partial charge is 0.405 e. The molecule has 230 valence electrons. The third-order valence-corrected chi connectivity index (χ3v) is 7.22. The van der Waals surface area contributed by atoms with Crippen molar-refractivity contribution in [2.45, 2.75) is 65.0 Å². The molecular weight excluding hydrogens is 542 g/mol. The third-order valence-electron chi connectivity index (χ3n) is 7.22. The fourth-order valence-electron chi connectivity index (χ4n) is 4.95. The minimum Gasteiger partial charge on any atom is -0.439 e. The Hall–Kier alpha value is -3.80. The van der Waals surface area contributed by atoms with Crippen LogP contribution >= 0.6 is 0 Å². The Morgan fingerprint density at radius 2 is 1.90 bits per heavy atom. The summed E-state index contributed by atoms with van der Waals surface area (Å²) in [4.78, 5) is 51.3. The third kappa shape index (κ3) is 9.10. The summed E-state index contributed by atoms with van der Waals surface area (Å²) < 4.78 is 16.6. The lowest BCUT2D eigenvalue weighted by Gasteiger charge is -2.30. The van der Waals surface area contributed by atoms with Gasteiger partial charge in [-0.25, -0.2) is 4.79 Å². The van der Waals surface area contributed by atoms with E-state index >= 15 is 0 Å². The summed E-state index contributed by atoms with van der Waals surface area (Å²) in [6.45, 7) is 10.9. The van der Waals surface area contributed by atoms with Gasteiger partial charge in [0, 0.05) is 43.9 Å². The number of rotatable bonds is 6. The van der Waals surface area contributed by atoms with E-state index in [-0.39, 0.29) is 41.4 Å². The van der Waals surface area contributed by atoms with Gasteiger partial charge in [0.25, 0.3) is 5.91 Å². The van der Waals surface area contributed by atoms with Crippen LogP contribution in [0.5, 0.6) is 0 Å². The van der Waals surface area contributed by atoms with Crippen molar-refractivity contribution in [2.75, 3.05) is 20.8 Å². The zero-order valence-corrected chi connectivity index (χ0v) is 25.1. The number of allylic oxidation sites excluding steroid dienone is 4. The molecule has 11 nitrogen and oxygen atoms in total. The molecule has 2 amide bonds. The zero-order valence-electron chi connectivity index (χ0n) is 25.1. The molecule has 1 aliphatic heterocycles. The number of aliphatic hydroxyl groups is 1. The molecule has 6 atom stereocenters. The van der Waals surface area contributed by atoms with E-state index in [2.05, 4.69) is 17.2 Å². The van der Waals surface area contributed by atoms with Crippen molar-refractivity contribution < 1.29 is 38.5 Å². The highest BCUT2D eigenvalue weighted by atomic mass is 16.6. The van der Waals surface area contributed by atoms with Gasteiger partial charge in [0.15, 0.2) is 6.10 Å². The normalized spacial score (nSPS) is 31.6. The summed E-state index contributed by atoms with van der Waals surface area (Å²) in [5.74, 6) is -2.14. The van der Waals surface area contributed by atoms with Crippen molar-refractivity contribution in [3.8, 4) is 0 Å². The number of hydrogen-bond donors (Lipinski definition) is 4. The fraction of sp³-hybridized carbons (Fsp3) is 0.484. The molecule has 0 radical (unpaired) electrons. The Labute approximate surface area is 247 Å². The van der Waals surface area contributed by atoms with E-state index in [9.17, 15) is 24.3 Å². The van der Waals surface area contributed by atoms with E-state index in [0.29, 0.717) is 12.0 Å². The van der Waals surface area contributed by atoms with Crippen LogP contribution in [0.4, 0.5) is 4.79 Å². The number of aliphatic hydroxyl groups excluding tert-OH is 1. The SMILES string of the molecule is C=CCNC1=C2C[C@@H](C)C[C@H](OC)[C@H](O)[C@@H](C)/C=C(\C)[C@H](OC(N)=O)[C@H](OC)/C=C\C=C(/C)C(=O)NC(=CC1=O)C2=O. The van der Waals surface area contributed by atoms with E-state index < -0.39 is 53.9 Å². The quantitative estimate of drug-likeness (QED) is 0.271. The Morgan fingerprint density at radius 1 is 1.21 bits per heavy atom. The fourth-order valence-corrected chi connectivity index (χ4v) is 4.95. The molecule has 2 bridgehead atoms. The van der Waals surface area contributed by atoms with E-state index in [1.807, 2.05) is 6.92 Å². The van der Waals surface area contributed by atoms with Crippen LogP contribution in [0.3, 0.4) is 0 Å². The lowest BCUT2D eigenvalue weighted by molar-refractivity contribution is -0.120. The summed E-state index contributed by atoms with van der Waals surface area (Å²) in [5, 5.41) is 16.7. The van der Waals surface area contributed by atoms with Gasteiger partial charge in [0.1, 0.15) is 6.10 Å². The van der Waals surface area contributed by atoms with Crippen LogP contribution in [0.2, 0.25) is 0 Å². The van der Waals surface area contributed by atoms with E-state index in [4.69, 9.17) is 19.9 Å². The van der Waals surface area contributed by atoms with Gasteiger partial charge in [-0.1, -0.05) is 44.2 Å². The van der Waals surface area contributed by atoms with Crippen LogP contribution in [0.15, 0.2) is 71.1 Å². The standard InChI is InChI=1S/C31H43N3O8/c1-8-12-33-26-21-13-17(2)14-25(41-7)27(36)19(4)15-20(5)29(42-31(32)39)24(40-6)11-9-10-18(3)30(38)34-22(28(21)37)16-23(26)35/h8-11,15-17,19,24-25,27,29,33,36H,1,12-14H2,2-7H3,(H2,32,39)(H,34,38)/b11-9-,18-10+,20-15+/t17-,19+,24-,25+,27-,29+/m1/s1. The lowest BCUT2D eigenvalue weighted by atomic mass is 9.85. The van der Waals surface area contributed by atoms with E-state index in [1.165, 1.54) is 20.3 Å². The first-order valence-electron chi connectivity index (χ1n) is 13.8. The summed E-state index contributed by atoms with van der Waals surface area (Å²) in [5.41, 5.74) is 6.42. The molecule has 11 heteroatoms. The second kappa shape index (κ2) is 16.0. The molecule has 0 fully saturated rings. The highest BCUT2D eigenvalue weighted by Crippen LogP contribution is 2.28. The minimum atomic E-state index is -1.00. The number of Topliss-reactive ketones (excluding diaryl/α,β-unsaturated/α-hetero) is 1. The second-order valence-corrected chi connectivity index (χ2v) is 10.6. The molecule has 1 heterocycles. The Morgan fingerprint density at radius 3 is 2.50 bits per heavy atom. The van der Waals surface area contributed by atoms with Crippen molar-refractivity contribution >= 4 is 23.6 Å². The van der Waals surface area contributed by atoms with Crippen molar-refractivity contribution in [2.24, 2.45) is 17.6 Å². The second-order valence-electron chi connectivity index (χ2n) is 10.6. The Kier molecular flexibility index (Phi) is 13.1. The number of primary amides is 1. The molecule has 2 aliphatic rings. The maximum absolute atomic E-state index is 13.5. The molecule has 0 saturated carbocycles. The highest BCUT2D eigenvalue weighted by molar-refractivity contribution is 6.23. The predicted molar refractivity (Wildman–Crippen MR) is 158 cm³/mol. The van der Waals surface area contributed by atoms with Crippen LogP contribution < -0.4 is 16.4 Å². The number of ketones is 2. The maximum Gasteiger partial charge on any atom is 0.405 e. The maximum atomic E-state index is 13.5. The first kappa shape index (κ1) is 34.4. The molecule has 2 rings (SSSR count). The number of carbonyl (C=O) groups is 4. The van der Waals surface area contributed by atoms with Gasteiger partial charge < -0.3 is 35.7 Å². The number of methoxy groups -OCH3 is 2. The first-order valence-corrected chi connectivity index (χ1v) is 13.8. The largest absolute Gasteiger partial charge is 0.439 e. The molecule has 5 N–H and O–H groups in total. The molecule has 0 spiro atoms. The number of carbonyl (C=O) groups excluding carboxylic acids is 4. The molecule has 1 aliphatic carbocycles. The number of nitrogens with one attached hydrogen (secondary N) is 2. The van der Waals surface area contributed by atoms with Crippen molar-refractivity contribution in [1.29, 1.82) is 0 Å². The van der Waals surface area contributed by atoms with Crippen molar-refractivity contribution in [1.82, 2.24) is 10.6 Å². The van der Waals surface area contributed by atoms with Crippen molar-refractivity contribution in [3.05, 3.63) is 71.1 Å². The number of hydrogen-bond acceptors (Lipinski definition) is 9. The van der Waals surface area contributed by atoms with E-state index in [0.717, 1.165) is 6.08 Å². The summed E-state index contributed by atoms with van der Waals surface area (Å²) in [7, 11) is 2.92. The van der Waals surface area contributed by atoms with Gasteiger partial charge in [-0.3, -0.25) is 14.4 Å². The monoisotopic (exact) mass is 585 g/mol. The van der Waals surface area contributed by atoms with Crippen molar-refractivity contribution in [3.63, 3.8) is 0 Å². The predicted octanol–water partition coefficient (Wildman–Crippen LogP) is 2.54. The molecule has 0 saturated heterocycles. The number of amides is 2. The van der Waals surface area contributed by atoms with Crippen LogP contribution in [-0.4, -0.2) is 73.9 Å². The highest BCUT2D eigenvalue weighted by Gasteiger charge is 2.33. The first-order chi connectivity index (χ1) is 19.8. The van der Waals surface area contributed by atoms with Gasteiger partial charge in [-0.2, -0.15) is 0 Å². The van der Waals surface area contributed by atoms with Crippen LogP contribution in [0.25, 0.3) is 0 Å². The summed E-state index contributed by atoms with van der Waals surface area (Å²) in [6.07, 6.45) is 5.34. The summed E-state index contributed by atoms with van der Waals surface area (Å²) in [6, 6.07) is 0. The van der Waals surface area contributed by atoms with Crippen LogP contribution in [0, 0.1) is 11.8 Å². The minimum absolute atomic E-state index is 0.132.